The fourth-order valence-electron chi connectivity index (χ4n) is 2.09. The number of aliphatic carboxylic acids is 1. The Morgan fingerprint density at radius 3 is 2.44 bits per heavy atom. The molecule has 0 radical (unpaired) electrons. The fourth-order valence-corrected chi connectivity index (χ4v) is 2.09. The number of nitrogens with one attached hydrogen (secondary N) is 1. The lowest BCUT2D eigenvalue weighted by molar-refractivity contribution is -0.137. The summed E-state index contributed by atoms with van der Waals surface area (Å²) < 4.78 is 5.55. The van der Waals surface area contributed by atoms with E-state index in [0.717, 1.165) is 0 Å². The van der Waals surface area contributed by atoms with Crippen LogP contribution < -0.4 is 5.32 Å². The number of amides is 2. The molecule has 2 amide bonds. The first-order chi connectivity index (χ1) is 8.38. The molecule has 0 saturated carbocycles. The Morgan fingerprint density at radius 2 is 1.94 bits per heavy atom. The minimum atomic E-state index is -0.842. The third-order valence-electron chi connectivity index (χ3n) is 2.83. The van der Waals surface area contributed by atoms with E-state index in [1.165, 1.54) is 0 Å². The molecule has 1 saturated heterocycles. The van der Waals surface area contributed by atoms with Crippen LogP contribution in [0.25, 0.3) is 0 Å². The summed E-state index contributed by atoms with van der Waals surface area (Å²) in [6.45, 7) is 7.20. The van der Waals surface area contributed by atoms with E-state index >= 15 is 0 Å². The Hall–Kier alpha value is -1.30. The quantitative estimate of drug-likeness (QED) is 0.785. The first kappa shape index (κ1) is 14.8. The van der Waals surface area contributed by atoms with E-state index in [4.69, 9.17) is 9.84 Å². The maximum Gasteiger partial charge on any atom is 0.317 e. The number of carboxylic acids is 1. The van der Waals surface area contributed by atoms with Crippen molar-refractivity contribution in [1.29, 1.82) is 0 Å². The van der Waals surface area contributed by atoms with Crippen molar-refractivity contribution in [3.8, 4) is 0 Å². The number of urea groups is 1. The second-order valence-corrected chi connectivity index (χ2v) is 5.05. The molecule has 0 aromatic carbocycles. The van der Waals surface area contributed by atoms with Crippen molar-refractivity contribution >= 4 is 12.0 Å². The van der Waals surface area contributed by atoms with Crippen molar-refractivity contribution < 1.29 is 19.4 Å². The third kappa shape index (κ3) is 4.91. The number of hydrogen-bond acceptors (Lipinski definition) is 3. The molecule has 1 rings (SSSR count). The largest absolute Gasteiger partial charge is 0.481 e. The van der Waals surface area contributed by atoms with E-state index in [1.807, 2.05) is 13.8 Å². The molecule has 104 valence electrons. The molecule has 6 nitrogen and oxygen atoms in total. The summed E-state index contributed by atoms with van der Waals surface area (Å²) in [7, 11) is 0. The van der Waals surface area contributed by atoms with Gasteiger partial charge in [-0.05, 0) is 19.8 Å². The monoisotopic (exact) mass is 258 g/mol. The van der Waals surface area contributed by atoms with Crippen molar-refractivity contribution in [2.75, 3.05) is 19.6 Å². The summed E-state index contributed by atoms with van der Waals surface area (Å²) in [6, 6.07) is -0.144. The average molecular weight is 258 g/mol. The number of ether oxygens (including phenoxy) is 1. The predicted molar refractivity (Wildman–Crippen MR) is 66.4 cm³/mol. The summed E-state index contributed by atoms with van der Waals surface area (Å²) in [5.74, 6) is -0.910. The highest BCUT2D eigenvalue weighted by Gasteiger charge is 2.25. The number of hydrogen-bond donors (Lipinski definition) is 2. The van der Waals surface area contributed by atoms with Crippen LogP contribution in [0.1, 0.15) is 27.2 Å². The van der Waals surface area contributed by atoms with Crippen LogP contribution in [0.3, 0.4) is 0 Å². The van der Waals surface area contributed by atoms with Gasteiger partial charge in [-0.1, -0.05) is 6.92 Å². The van der Waals surface area contributed by atoms with E-state index in [1.54, 1.807) is 11.8 Å². The molecule has 3 atom stereocenters. The zero-order chi connectivity index (χ0) is 13.7. The number of morpholine rings is 1. The topological polar surface area (TPSA) is 78.9 Å². The van der Waals surface area contributed by atoms with Gasteiger partial charge in [-0.15, -0.1) is 0 Å². The molecule has 1 aliphatic rings. The van der Waals surface area contributed by atoms with Gasteiger partial charge in [-0.25, -0.2) is 4.79 Å². The van der Waals surface area contributed by atoms with Crippen molar-refractivity contribution in [2.45, 2.75) is 39.4 Å². The molecule has 0 aromatic rings. The first-order valence-corrected chi connectivity index (χ1v) is 6.28. The van der Waals surface area contributed by atoms with Crippen LogP contribution in [0.5, 0.6) is 0 Å². The van der Waals surface area contributed by atoms with Gasteiger partial charge >= 0.3 is 12.0 Å². The molecular formula is C12H22N2O4. The Balaban J connectivity index is 2.34. The Kier molecular flexibility index (Phi) is 5.40. The molecule has 0 spiro atoms. The van der Waals surface area contributed by atoms with Crippen molar-refractivity contribution in [3.63, 3.8) is 0 Å². The van der Waals surface area contributed by atoms with E-state index in [2.05, 4.69) is 5.32 Å². The van der Waals surface area contributed by atoms with Gasteiger partial charge in [0, 0.05) is 26.1 Å². The summed E-state index contributed by atoms with van der Waals surface area (Å²) in [5.41, 5.74) is 0. The molecule has 18 heavy (non-hydrogen) atoms. The number of nitrogens with zero attached hydrogens (tertiary/aromatic N) is 1. The number of carboxylic acid groups (broad SMARTS) is 1. The van der Waals surface area contributed by atoms with E-state index < -0.39 is 5.97 Å². The number of rotatable bonds is 4. The SMILES string of the molecule is CC(CNC(=O)N1CC(C)OC(C)C1)CC(=O)O. The fraction of sp³-hybridized carbons (Fsp3) is 0.833. The van der Waals surface area contributed by atoms with Crippen molar-refractivity contribution in [2.24, 2.45) is 5.92 Å². The zero-order valence-corrected chi connectivity index (χ0v) is 11.2. The van der Waals surface area contributed by atoms with Crippen LogP contribution in [0.4, 0.5) is 4.79 Å². The van der Waals surface area contributed by atoms with Crippen LogP contribution in [-0.4, -0.2) is 53.8 Å². The molecule has 0 aromatic heterocycles. The van der Waals surface area contributed by atoms with E-state index in [9.17, 15) is 9.59 Å². The molecule has 1 aliphatic heterocycles. The summed E-state index contributed by atoms with van der Waals surface area (Å²) in [6.07, 6.45) is 0.141. The molecule has 6 heteroatoms. The molecule has 1 heterocycles. The highest BCUT2D eigenvalue weighted by atomic mass is 16.5. The van der Waals surface area contributed by atoms with Crippen molar-refractivity contribution in [1.82, 2.24) is 10.2 Å². The van der Waals surface area contributed by atoms with E-state index in [0.29, 0.717) is 19.6 Å². The molecule has 3 unspecified atom stereocenters. The maximum atomic E-state index is 11.9. The highest BCUT2D eigenvalue weighted by molar-refractivity contribution is 5.74. The highest BCUT2D eigenvalue weighted by Crippen LogP contribution is 2.10. The van der Waals surface area contributed by atoms with Crippen LogP contribution >= 0.6 is 0 Å². The first-order valence-electron chi connectivity index (χ1n) is 6.28. The maximum absolute atomic E-state index is 11.9. The van der Waals surface area contributed by atoms with Gasteiger partial charge in [0.2, 0.25) is 0 Å². The van der Waals surface area contributed by atoms with Crippen LogP contribution in [-0.2, 0) is 9.53 Å². The lowest BCUT2D eigenvalue weighted by Gasteiger charge is -2.35. The number of carbonyl (C=O) groups is 2. The Bertz CT molecular complexity index is 298. The summed E-state index contributed by atoms with van der Waals surface area (Å²) >= 11 is 0. The lowest BCUT2D eigenvalue weighted by Crippen LogP contribution is -2.52. The Labute approximate surface area is 107 Å². The van der Waals surface area contributed by atoms with Gasteiger partial charge in [0.05, 0.1) is 12.2 Å². The number of carbonyl (C=O) groups excluding carboxylic acids is 1. The standard InChI is InChI=1S/C12H22N2O4/c1-8(4-11(15)16)5-13-12(17)14-6-9(2)18-10(3)7-14/h8-10H,4-7H2,1-3H3,(H,13,17)(H,15,16). The molecule has 1 fully saturated rings. The molecule has 0 aliphatic carbocycles. The average Bonchev–Trinajstić information content (AvgIpc) is 2.23. The van der Waals surface area contributed by atoms with Crippen LogP contribution in [0.15, 0.2) is 0 Å². The molecule has 2 N–H and O–H groups in total. The minimum Gasteiger partial charge on any atom is -0.481 e. The van der Waals surface area contributed by atoms with Gasteiger partial charge in [0.25, 0.3) is 0 Å². The zero-order valence-electron chi connectivity index (χ0n) is 11.2. The molecule has 0 bridgehead atoms. The summed E-state index contributed by atoms with van der Waals surface area (Å²) in [4.78, 5) is 24.1. The lowest BCUT2D eigenvalue weighted by atomic mass is 10.1. The minimum absolute atomic E-state index is 0.0379. The summed E-state index contributed by atoms with van der Waals surface area (Å²) in [5, 5.41) is 11.4. The van der Waals surface area contributed by atoms with E-state index in [-0.39, 0.29) is 30.6 Å². The van der Waals surface area contributed by atoms with Crippen LogP contribution in [0.2, 0.25) is 0 Å². The van der Waals surface area contributed by atoms with Gasteiger partial charge in [-0.3, -0.25) is 4.79 Å². The van der Waals surface area contributed by atoms with Gasteiger partial charge < -0.3 is 20.1 Å². The Morgan fingerprint density at radius 1 is 1.39 bits per heavy atom. The molecular weight excluding hydrogens is 236 g/mol. The smallest absolute Gasteiger partial charge is 0.317 e. The van der Waals surface area contributed by atoms with Crippen LogP contribution in [0, 0.1) is 5.92 Å². The van der Waals surface area contributed by atoms with Crippen molar-refractivity contribution in [3.05, 3.63) is 0 Å². The van der Waals surface area contributed by atoms with Gasteiger partial charge in [0.15, 0.2) is 0 Å². The predicted octanol–water partition coefficient (Wildman–Crippen LogP) is 0.916. The third-order valence-corrected chi connectivity index (χ3v) is 2.83. The second-order valence-electron chi connectivity index (χ2n) is 5.05. The van der Waals surface area contributed by atoms with Gasteiger partial charge in [-0.2, -0.15) is 0 Å². The second kappa shape index (κ2) is 6.58. The van der Waals surface area contributed by atoms with Gasteiger partial charge in [0.1, 0.15) is 0 Å². The normalized spacial score (nSPS) is 25.6.